The molecule has 92 valence electrons. The third kappa shape index (κ3) is 2.79. The van der Waals surface area contributed by atoms with E-state index >= 15 is 0 Å². The van der Waals surface area contributed by atoms with Crippen molar-refractivity contribution in [2.45, 2.75) is 13.0 Å². The standard InChI is InChI=1S/C12H16BrN3O/c1-8-7-16(5-4-15-8)11-3-2-9(12(14)17)6-10(11)13/h2-3,6,8,15H,4-5,7H2,1H3,(H2,14,17)/t8-/m1/s1. The van der Waals surface area contributed by atoms with Crippen LogP contribution in [0.4, 0.5) is 5.69 Å². The molecule has 5 heteroatoms. The number of nitrogens with zero attached hydrogens (tertiary/aromatic N) is 1. The van der Waals surface area contributed by atoms with Gasteiger partial charge in [0.25, 0.3) is 0 Å². The molecule has 0 spiro atoms. The Kier molecular flexibility index (Phi) is 3.69. The lowest BCUT2D eigenvalue weighted by atomic mass is 10.1. The predicted molar refractivity (Wildman–Crippen MR) is 72.3 cm³/mol. The van der Waals surface area contributed by atoms with Crippen molar-refractivity contribution in [1.29, 1.82) is 0 Å². The molecule has 1 aromatic carbocycles. The Balaban J connectivity index is 2.23. The zero-order valence-corrected chi connectivity index (χ0v) is 11.3. The molecule has 1 heterocycles. The lowest BCUT2D eigenvalue weighted by molar-refractivity contribution is 0.100. The topological polar surface area (TPSA) is 58.4 Å². The van der Waals surface area contributed by atoms with Gasteiger partial charge in [-0.3, -0.25) is 4.79 Å². The van der Waals surface area contributed by atoms with Crippen LogP contribution in [0.1, 0.15) is 17.3 Å². The monoisotopic (exact) mass is 297 g/mol. The average Bonchev–Trinajstić information content (AvgIpc) is 2.28. The molecular formula is C12H16BrN3O. The van der Waals surface area contributed by atoms with Gasteiger partial charge >= 0.3 is 0 Å². The van der Waals surface area contributed by atoms with Gasteiger partial charge in [0.15, 0.2) is 0 Å². The fourth-order valence-corrected chi connectivity index (χ4v) is 2.70. The molecule has 1 amide bonds. The Morgan fingerprint density at radius 1 is 1.59 bits per heavy atom. The number of halogens is 1. The highest BCUT2D eigenvalue weighted by Crippen LogP contribution is 2.28. The summed E-state index contributed by atoms with van der Waals surface area (Å²) in [6.07, 6.45) is 0. The molecule has 0 aliphatic carbocycles. The van der Waals surface area contributed by atoms with Crippen LogP contribution in [0.15, 0.2) is 22.7 Å². The summed E-state index contributed by atoms with van der Waals surface area (Å²) >= 11 is 3.50. The minimum atomic E-state index is -0.397. The molecule has 4 nitrogen and oxygen atoms in total. The number of primary amides is 1. The van der Waals surface area contributed by atoms with Gasteiger partial charge in [0.2, 0.25) is 5.91 Å². The first kappa shape index (κ1) is 12.4. The van der Waals surface area contributed by atoms with E-state index in [2.05, 4.69) is 33.1 Å². The third-order valence-corrected chi connectivity index (χ3v) is 3.58. The summed E-state index contributed by atoms with van der Waals surface area (Å²) in [6.45, 7) is 5.08. The number of piperazine rings is 1. The zero-order valence-electron chi connectivity index (χ0n) is 9.74. The second-order valence-electron chi connectivity index (χ2n) is 4.33. The lowest BCUT2D eigenvalue weighted by Gasteiger charge is -2.34. The van der Waals surface area contributed by atoms with Crippen LogP contribution < -0.4 is 16.0 Å². The highest BCUT2D eigenvalue weighted by Gasteiger charge is 2.18. The van der Waals surface area contributed by atoms with Gasteiger partial charge in [0, 0.05) is 35.7 Å². The molecule has 1 atom stereocenters. The smallest absolute Gasteiger partial charge is 0.248 e. The Labute approximate surface area is 109 Å². The summed E-state index contributed by atoms with van der Waals surface area (Å²) in [7, 11) is 0. The van der Waals surface area contributed by atoms with Crippen LogP contribution in [0.25, 0.3) is 0 Å². The van der Waals surface area contributed by atoms with Crippen molar-refractivity contribution in [1.82, 2.24) is 5.32 Å². The highest BCUT2D eigenvalue weighted by atomic mass is 79.9. The maximum atomic E-state index is 11.1. The highest BCUT2D eigenvalue weighted by molar-refractivity contribution is 9.10. The first-order chi connectivity index (χ1) is 8.08. The Morgan fingerprint density at radius 2 is 2.35 bits per heavy atom. The summed E-state index contributed by atoms with van der Waals surface area (Å²) in [4.78, 5) is 13.4. The normalized spacial score (nSPS) is 20.4. The van der Waals surface area contributed by atoms with E-state index in [1.807, 2.05) is 6.07 Å². The van der Waals surface area contributed by atoms with E-state index in [1.54, 1.807) is 12.1 Å². The summed E-state index contributed by atoms with van der Waals surface area (Å²) < 4.78 is 0.919. The first-order valence-corrected chi connectivity index (χ1v) is 6.45. The molecule has 0 bridgehead atoms. The number of hydrogen-bond acceptors (Lipinski definition) is 3. The van der Waals surface area contributed by atoms with Gasteiger partial charge in [-0.1, -0.05) is 0 Å². The molecule has 3 N–H and O–H groups in total. The van der Waals surface area contributed by atoms with Gasteiger partial charge in [-0.05, 0) is 41.1 Å². The van der Waals surface area contributed by atoms with Crippen molar-refractivity contribution < 1.29 is 4.79 Å². The van der Waals surface area contributed by atoms with Crippen LogP contribution in [0.5, 0.6) is 0 Å². The minimum Gasteiger partial charge on any atom is -0.368 e. The summed E-state index contributed by atoms with van der Waals surface area (Å²) in [5, 5.41) is 3.40. The molecule has 0 aromatic heterocycles. The van der Waals surface area contributed by atoms with E-state index in [4.69, 9.17) is 5.73 Å². The molecule has 0 unspecified atom stereocenters. The SMILES string of the molecule is C[C@@H]1CN(c2ccc(C(N)=O)cc2Br)CCN1. The average molecular weight is 298 g/mol. The first-order valence-electron chi connectivity index (χ1n) is 5.65. The number of carbonyl (C=O) groups excluding carboxylic acids is 1. The molecule has 0 radical (unpaired) electrons. The van der Waals surface area contributed by atoms with Crippen LogP contribution >= 0.6 is 15.9 Å². The lowest BCUT2D eigenvalue weighted by Crippen LogP contribution is -2.49. The molecular weight excluding hydrogens is 282 g/mol. The minimum absolute atomic E-state index is 0.397. The van der Waals surface area contributed by atoms with E-state index in [0.717, 1.165) is 29.8 Å². The molecule has 1 saturated heterocycles. The molecule has 2 rings (SSSR count). The zero-order chi connectivity index (χ0) is 12.4. The van der Waals surface area contributed by atoms with Gasteiger partial charge < -0.3 is 16.0 Å². The number of nitrogens with two attached hydrogens (primary N) is 1. The van der Waals surface area contributed by atoms with Gasteiger partial charge in [-0.15, -0.1) is 0 Å². The van der Waals surface area contributed by atoms with Crippen LogP contribution in [0.3, 0.4) is 0 Å². The second-order valence-corrected chi connectivity index (χ2v) is 5.19. The molecule has 1 aromatic rings. The predicted octanol–water partition coefficient (Wildman–Crippen LogP) is 1.35. The van der Waals surface area contributed by atoms with E-state index in [1.165, 1.54) is 0 Å². The fourth-order valence-electron chi connectivity index (χ4n) is 2.07. The molecule has 1 aliphatic heterocycles. The van der Waals surface area contributed by atoms with Gasteiger partial charge in [-0.25, -0.2) is 0 Å². The fraction of sp³-hybridized carbons (Fsp3) is 0.417. The number of rotatable bonds is 2. The number of amides is 1. The Hall–Kier alpha value is -1.07. The maximum Gasteiger partial charge on any atom is 0.248 e. The summed E-state index contributed by atoms with van der Waals surface area (Å²) in [5.41, 5.74) is 6.90. The summed E-state index contributed by atoms with van der Waals surface area (Å²) in [5.74, 6) is -0.397. The van der Waals surface area contributed by atoms with Crippen molar-refractivity contribution in [3.05, 3.63) is 28.2 Å². The number of hydrogen-bond donors (Lipinski definition) is 2. The number of nitrogens with one attached hydrogen (secondary N) is 1. The van der Waals surface area contributed by atoms with Gasteiger partial charge in [0.05, 0.1) is 5.69 Å². The van der Waals surface area contributed by atoms with Crippen LogP contribution in [-0.4, -0.2) is 31.6 Å². The quantitative estimate of drug-likeness (QED) is 0.866. The van der Waals surface area contributed by atoms with Crippen LogP contribution in [-0.2, 0) is 0 Å². The van der Waals surface area contributed by atoms with Crippen molar-refractivity contribution in [2.24, 2.45) is 5.73 Å². The van der Waals surface area contributed by atoms with Gasteiger partial charge in [0.1, 0.15) is 0 Å². The van der Waals surface area contributed by atoms with E-state index < -0.39 is 5.91 Å². The number of anilines is 1. The molecule has 1 aliphatic rings. The maximum absolute atomic E-state index is 11.1. The van der Waals surface area contributed by atoms with Crippen molar-refractivity contribution >= 4 is 27.5 Å². The van der Waals surface area contributed by atoms with Crippen molar-refractivity contribution in [3.8, 4) is 0 Å². The van der Waals surface area contributed by atoms with Gasteiger partial charge in [-0.2, -0.15) is 0 Å². The Morgan fingerprint density at radius 3 is 2.94 bits per heavy atom. The van der Waals surface area contributed by atoms with E-state index in [-0.39, 0.29) is 0 Å². The van der Waals surface area contributed by atoms with Crippen LogP contribution in [0.2, 0.25) is 0 Å². The van der Waals surface area contributed by atoms with Crippen molar-refractivity contribution in [3.63, 3.8) is 0 Å². The number of benzene rings is 1. The Bertz CT molecular complexity index is 436. The van der Waals surface area contributed by atoms with Crippen LogP contribution in [0, 0.1) is 0 Å². The third-order valence-electron chi connectivity index (χ3n) is 2.94. The second kappa shape index (κ2) is 5.06. The molecule has 0 saturated carbocycles. The number of carbonyl (C=O) groups is 1. The molecule has 1 fully saturated rings. The van der Waals surface area contributed by atoms with Crippen molar-refractivity contribution in [2.75, 3.05) is 24.5 Å². The van der Waals surface area contributed by atoms with E-state index in [9.17, 15) is 4.79 Å². The molecule has 17 heavy (non-hydrogen) atoms. The summed E-state index contributed by atoms with van der Waals surface area (Å²) in [6, 6.07) is 5.98. The largest absolute Gasteiger partial charge is 0.368 e. The van der Waals surface area contributed by atoms with E-state index in [0.29, 0.717) is 11.6 Å².